The molecule has 4 heteroatoms. The quantitative estimate of drug-likeness (QED) is 0.513. The van der Waals surface area contributed by atoms with Gasteiger partial charge < -0.3 is 20.1 Å². The third-order valence-electron chi connectivity index (χ3n) is 4.99. The Kier molecular flexibility index (Phi) is 5.42. The number of aliphatic hydroxyl groups excluding tert-OH is 1. The minimum absolute atomic E-state index is 0.192. The molecule has 3 N–H and O–H groups in total. The van der Waals surface area contributed by atoms with Crippen LogP contribution in [0.15, 0.2) is 91.1 Å². The zero-order valence-corrected chi connectivity index (χ0v) is 15.6. The van der Waals surface area contributed by atoms with Gasteiger partial charge in [-0.05, 0) is 35.4 Å². The molecule has 4 rings (SSSR count). The van der Waals surface area contributed by atoms with Gasteiger partial charge in [-0.2, -0.15) is 0 Å². The molecule has 0 spiro atoms. The molecule has 0 unspecified atom stereocenters. The number of nitrogens with zero attached hydrogens (tertiary/aromatic N) is 1. The van der Waals surface area contributed by atoms with Crippen molar-refractivity contribution in [1.29, 1.82) is 0 Å². The topological polar surface area (TPSA) is 60.4 Å². The molecule has 4 aromatic rings. The van der Waals surface area contributed by atoms with E-state index >= 15 is 0 Å². The molecule has 142 valence electrons. The highest BCUT2D eigenvalue weighted by Crippen LogP contribution is 2.30. The van der Waals surface area contributed by atoms with Crippen LogP contribution in [0.1, 0.15) is 17.2 Å². The Balaban J connectivity index is 1.63. The van der Waals surface area contributed by atoms with Gasteiger partial charge in [0.2, 0.25) is 0 Å². The van der Waals surface area contributed by atoms with Crippen LogP contribution < -0.4 is 10.5 Å². The van der Waals surface area contributed by atoms with E-state index in [1.165, 1.54) is 0 Å². The van der Waals surface area contributed by atoms with Crippen LogP contribution in [0.4, 0.5) is 0 Å². The summed E-state index contributed by atoms with van der Waals surface area (Å²) in [5.74, 6) is 0.824. The van der Waals surface area contributed by atoms with E-state index in [0.717, 1.165) is 27.8 Å². The highest BCUT2D eigenvalue weighted by molar-refractivity contribution is 5.82. The van der Waals surface area contributed by atoms with Crippen LogP contribution in [0.5, 0.6) is 5.75 Å². The summed E-state index contributed by atoms with van der Waals surface area (Å²) in [4.78, 5) is 0. The van der Waals surface area contributed by atoms with Crippen LogP contribution in [0, 0.1) is 0 Å². The lowest BCUT2D eigenvalue weighted by molar-refractivity contribution is 0.140. The number of aliphatic hydroxyl groups is 1. The van der Waals surface area contributed by atoms with Crippen molar-refractivity contribution in [2.24, 2.45) is 5.73 Å². The van der Waals surface area contributed by atoms with Gasteiger partial charge in [-0.1, -0.05) is 60.7 Å². The highest BCUT2D eigenvalue weighted by atomic mass is 16.5. The molecule has 3 aromatic carbocycles. The zero-order valence-electron chi connectivity index (χ0n) is 15.6. The van der Waals surface area contributed by atoms with Crippen LogP contribution >= 0.6 is 0 Å². The molecule has 28 heavy (non-hydrogen) atoms. The molecule has 0 aliphatic rings. The second-order valence-corrected chi connectivity index (χ2v) is 6.88. The monoisotopic (exact) mass is 372 g/mol. The molecular formula is C24H24N2O2. The number of rotatable bonds is 7. The first-order valence-electron chi connectivity index (χ1n) is 9.46. The van der Waals surface area contributed by atoms with E-state index in [2.05, 4.69) is 4.57 Å². The first kappa shape index (κ1) is 18.3. The number of hydrogen-bond donors (Lipinski definition) is 2. The standard InChI is InChI=1S/C24H24N2O2/c25-16-23(27)24(19-9-5-2-6-10-19)26-14-13-20-15-21(11-12-22(20)26)28-17-18-7-3-1-4-8-18/h1-15,23-24,27H,16-17,25H2/t23-,24+/m1/s1. The van der Waals surface area contributed by atoms with Crippen LogP contribution in [0.25, 0.3) is 10.9 Å². The van der Waals surface area contributed by atoms with Gasteiger partial charge in [-0.15, -0.1) is 0 Å². The molecule has 0 saturated heterocycles. The Morgan fingerprint density at radius 3 is 2.32 bits per heavy atom. The summed E-state index contributed by atoms with van der Waals surface area (Å²) in [6.07, 6.45) is 1.33. The predicted molar refractivity (Wildman–Crippen MR) is 112 cm³/mol. The van der Waals surface area contributed by atoms with E-state index in [4.69, 9.17) is 10.5 Å². The molecule has 2 atom stereocenters. The van der Waals surface area contributed by atoms with Gasteiger partial charge in [0.1, 0.15) is 12.4 Å². The summed E-state index contributed by atoms with van der Waals surface area (Å²) in [5.41, 5.74) is 9.00. The van der Waals surface area contributed by atoms with Gasteiger partial charge in [0, 0.05) is 23.6 Å². The van der Waals surface area contributed by atoms with Crippen molar-refractivity contribution >= 4 is 10.9 Å². The fourth-order valence-electron chi connectivity index (χ4n) is 3.56. The Hall–Kier alpha value is -3.08. The van der Waals surface area contributed by atoms with Crippen molar-refractivity contribution in [2.75, 3.05) is 6.54 Å². The average Bonchev–Trinajstić information content (AvgIpc) is 3.17. The SMILES string of the molecule is NC[C@@H](O)[C@H](c1ccccc1)n1ccc2cc(OCc3ccccc3)ccc21. The molecule has 0 bridgehead atoms. The Morgan fingerprint density at radius 1 is 0.893 bits per heavy atom. The highest BCUT2D eigenvalue weighted by Gasteiger charge is 2.23. The molecular weight excluding hydrogens is 348 g/mol. The fraction of sp³-hybridized carbons (Fsp3) is 0.167. The average molecular weight is 372 g/mol. The number of nitrogens with two attached hydrogens (primary N) is 1. The van der Waals surface area contributed by atoms with E-state index in [1.807, 2.05) is 91.1 Å². The van der Waals surface area contributed by atoms with Crippen molar-refractivity contribution in [3.8, 4) is 5.75 Å². The summed E-state index contributed by atoms with van der Waals surface area (Å²) in [6, 6.07) is 27.9. The fourth-order valence-corrected chi connectivity index (χ4v) is 3.56. The first-order valence-corrected chi connectivity index (χ1v) is 9.46. The van der Waals surface area contributed by atoms with E-state index in [9.17, 15) is 5.11 Å². The minimum atomic E-state index is -0.674. The second-order valence-electron chi connectivity index (χ2n) is 6.88. The van der Waals surface area contributed by atoms with Gasteiger partial charge in [-0.3, -0.25) is 0 Å². The maximum atomic E-state index is 10.6. The van der Waals surface area contributed by atoms with E-state index < -0.39 is 6.10 Å². The van der Waals surface area contributed by atoms with Gasteiger partial charge >= 0.3 is 0 Å². The maximum absolute atomic E-state index is 10.6. The second kappa shape index (κ2) is 8.30. The maximum Gasteiger partial charge on any atom is 0.120 e. The Morgan fingerprint density at radius 2 is 1.61 bits per heavy atom. The van der Waals surface area contributed by atoms with Crippen LogP contribution in [-0.4, -0.2) is 22.3 Å². The number of ether oxygens (including phenoxy) is 1. The number of hydrogen-bond acceptors (Lipinski definition) is 3. The minimum Gasteiger partial charge on any atom is -0.489 e. The zero-order chi connectivity index (χ0) is 19.3. The van der Waals surface area contributed by atoms with Crippen LogP contribution in [0.3, 0.4) is 0 Å². The van der Waals surface area contributed by atoms with Crippen molar-refractivity contribution in [3.05, 3.63) is 102 Å². The number of fused-ring (bicyclic) bond motifs is 1. The van der Waals surface area contributed by atoms with Gasteiger partial charge in [0.25, 0.3) is 0 Å². The molecule has 1 aromatic heterocycles. The molecule has 0 fully saturated rings. The molecule has 0 saturated carbocycles. The van der Waals surface area contributed by atoms with E-state index in [0.29, 0.717) is 6.61 Å². The normalized spacial score (nSPS) is 13.4. The lowest BCUT2D eigenvalue weighted by Crippen LogP contribution is -2.31. The summed E-state index contributed by atoms with van der Waals surface area (Å²) in [5, 5.41) is 11.7. The summed E-state index contributed by atoms with van der Waals surface area (Å²) in [6.45, 7) is 0.725. The van der Waals surface area contributed by atoms with Crippen LogP contribution in [-0.2, 0) is 6.61 Å². The third-order valence-corrected chi connectivity index (χ3v) is 4.99. The van der Waals surface area contributed by atoms with Gasteiger partial charge in [0.15, 0.2) is 0 Å². The van der Waals surface area contributed by atoms with Crippen molar-refractivity contribution in [2.45, 2.75) is 18.8 Å². The lowest BCUT2D eigenvalue weighted by atomic mass is 10.0. The van der Waals surface area contributed by atoms with Gasteiger partial charge in [-0.25, -0.2) is 0 Å². The van der Waals surface area contributed by atoms with E-state index in [1.54, 1.807) is 0 Å². The summed E-state index contributed by atoms with van der Waals surface area (Å²) in [7, 11) is 0. The van der Waals surface area contributed by atoms with Crippen molar-refractivity contribution in [1.82, 2.24) is 4.57 Å². The molecule has 0 radical (unpaired) electrons. The molecule has 0 amide bonds. The third kappa shape index (κ3) is 3.79. The molecule has 1 heterocycles. The summed E-state index contributed by atoms with van der Waals surface area (Å²) >= 11 is 0. The number of benzene rings is 3. The molecule has 4 nitrogen and oxygen atoms in total. The molecule has 0 aliphatic carbocycles. The smallest absolute Gasteiger partial charge is 0.120 e. The van der Waals surface area contributed by atoms with E-state index in [-0.39, 0.29) is 12.6 Å². The number of aromatic nitrogens is 1. The lowest BCUT2D eigenvalue weighted by Gasteiger charge is -2.25. The van der Waals surface area contributed by atoms with Crippen molar-refractivity contribution in [3.63, 3.8) is 0 Å². The van der Waals surface area contributed by atoms with Crippen molar-refractivity contribution < 1.29 is 9.84 Å². The summed E-state index contributed by atoms with van der Waals surface area (Å²) < 4.78 is 8.03. The Bertz CT molecular complexity index is 1030. The first-order chi connectivity index (χ1) is 13.8. The molecule has 0 aliphatic heterocycles. The Labute approximate surface area is 164 Å². The largest absolute Gasteiger partial charge is 0.489 e. The predicted octanol–water partition coefficient (Wildman–Crippen LogP) is 4.13. The van der Waals surface area contributed by atoms with Crippen LogP contribution in [0.2, 0.25) is 0 Å². The van der Waals surface area contributed by atoms with Gasteiger partial charge in [0.05, 0.1) is 12.1 Å².